The van der Waals surface area contributed by atoms with E-state index in [-0.39, 0.29) is 5.91 Å². The number of nitrogens with one attached hydrogen (secondary N) is 1. The van der Waals surface area contributed by atoms with Crippen molar-refractivity contribution in [1.29, 1.82) is 0 Å². The summed E-state index contributed by atoms with van der Waals surface area (Å²) in [5.41, 5.74) is 2.36. The highest BCUT2D eigenvalue weighted by Gasteiger charge is 2.23. The molecule has 80 valence electrons. The van der Waals surface area contributed by atoms with Crippen molar-refractivity contribution in [2.24, 2.45) is 0 Å². The Morgan fingerprint density at radius 2 is 2.27 bits per heavy atom. The van der Waals surface area contributed by atoms with Gasteiger partial charge in [0.1, 0.15) is 0 Å². The molecule has 0 aromatic heterocycles. The van der Waals surface area contributed by atoms with Gasteiger partial charge in [0, 0.05) is 12.2 Å². The monoisotopic (exact) mass is 204 g/mol. The van der Waals surface area contributed by atoms with Crippen LogP contribution in [0, 0.1) is 0 Å². The Balaban J connectivity index is 2.10. The maximum atomic E-state index is 11.8. The number of rotatable bonds is 3. The van der Waals surface area contributed by atoms with Crippen LogP contribution in [0.1, 0.15) is 12.5 Å². The van der Waals surface area contributed by atoms with Crippen LogP contribution >= 0.6 is 0 Å². The topological polar surface area (TPSA) is 32.3 Å². The van der Waals surface area contributed by atoms with Gasteiger partial charge in [-0.2, -0.15) is 0 Å². The Morgan fingerprint density at radius 1 is 1.47 bits per heavy atom. The van der Waals surface area contributed by atoms with Crippen LogP contribution < -0.4 is 10.2 Å². The van der Waals surface area contributed by atoms with Gasteiger partial charge in [0.05, 0.1) is 6.54 Å². The molecule has 1 aromatic carbocycles. The molecule has 0 fully saturated rings. The van der Waals surface area contributed by atoms with E-state index in [1.54, 1.807) is 0 Å². The summed E-state index contributed by atoms with van der Waals surface area (Å²) in [6.07, 6.45) is 0.980. The molecule has 0 bridgehead atoms. The third-order valence-corrected chi connectivity index (χ3v) is 2.71. The molecule has 3 heteroatoms. The third-order valence-electron chi connectivity index (χ3n) is 2.71. The van der Waals surface area contributed by atoms with Gasteiger partial charge in [-0.3, -0.25) is 4.79 Å². The van der Waals surface area contributed by atoms with E-state index in [1.165, 1.54) is 5.56 Å². The van der Waals surface area contributed by atoms with E-state index in [0.29, 0.717) is 6.54 Å². The minimum absolute atomic E-state index is 0.168. The summed E-state index contributed by atoms with van der Waals surface area (Å²) in [6, 6.07) is 8.12. The van der Waals surface area contributed by atoms with E-state index in [4.69, 9.17) is 0 Å². The molecule has 1 aromatic rings. The van der Waals surface area contributed by atoms with Crippen LogP contribution in [0.15, 0.2) is 24.3 Å². The van der Waals surface area contributed by atoms with Crippen LogP contribution in [0.25, 0.3) is 0 Å². The quantitative estimate of drug-likeness (QED) is 0.802. The number of benzene rings is 1. The fraction of sp³-hybridized carbons (Fsp3) is 0.417. The smallest absolute Gasteiger partial charge is 0.240 e. The van der Waals surface area contributed by atoms with Gasteiger partial charge in [-0.25, -0.2) is 0 Å². The number of hydrogen-bond acceptors (Lipinski definition) is 2. The first-order valence-corrected chi connectivity index (χ1v) is 5.42. The highest BCUT2D eigenvalue weighted by molar-refractivity contribution is 5.96. The Kier molecular flexibility index (Phi) is 3.02. The van der Waals surface area contributed by atoms with Crippen LogP contribution in [0.3, 0.4) is 0 Å². The van der Waals surface area contributed by atoms with Crippen molar-refractivity contribution < 1.29 is 4.79 Å². The molecule has 1 amide bonds. The van der Waals surface area contributed by atoms with Crippen LogP contribution in [0.5, 0.6) is 0 Å². The highest BCUT2D eigenvalue weighted by Crippen LogP contribution is 2.27. The summed E-state index contributed by atoms with van der Waals surface area (Å²) in [7, 11) is 0. The van der Waals surface area contributed by atoms with Gasteiger partial charge in [0.2, 0.25) is 5.91 Å². The molecule has 1 aliphatic heterocycles. The number of para-hydroxylation sites is 1. The lowest BCUT2D eigenvalue weighted by Crippen LogP contribution is -2.37. The van der Waals surface area contributed by atoms with Gasteiger partial charge < -0.3 is 10.2 Å². The molecule has 3 nitrogen and oxygen atoms in total. The molecule has 2 rings (SSSR count). The first kappa shape index (κ1) is 10.2. The molecular weight excluding hydrogens is 188 g/mol. The lowest BCUT2D eigenvalue weighted by molar-refractivity contribution is -0.117. The third kappa shape index (κ3) is 2.02. The number of hydrogen-bond donors (Lipinski definition) is 1. The first-order chi connectivity index (χ1) is 7.33. The number of likely N-dealkylation sites (N-methyl/N-ethyl adjacent to an activating group) is 1. The van der Waals surface area contributed by atoms with Gasteiger partial charge in [-0.1, -0.05) is 25.1 Å². The van der Waals surface area contributed by atoms with Gasteiger partial charge in [0.15, 0.2) is 0 Å². The molecule has 1 heterocycles. The van der Waals surface area contributed by atoms with E-state index < -0.39 is 0 Å². The summed E-state index contributed by atoms with van der Waals surface area (Å²) < 4.78 is 0. The van der Waals surface area contributed by atoms with Crippen LogP contribution in [0.2, 0.25) is 0 Å². The fourth-order valence-electron chi connectivity index (χ4n) is 1.92. The van der Waals surface area contributed by atoms with Crippen molar-refractivity contribution >= 4 is 11.6 Å². The predicted octanol–water partition coefficient (Wildman–Crippen LogP) is 1.19. The largest absolute Gasteiger partial charge is 0.311 e. The highest BCUT2D eigenvalue weighted by atomic mass is 16.2. The molecule has 1 aliphatic rings. The molecule has 0 saturated carbocycles. The van der Waals surface area contributed by atoms with Crippen LogP contribution in [-0.2, 0) is 11.2 Å². The van der Waals surface area contributed by atoms with Crippen molar-refractivity contribution in [1.82, 2.24) is 5.32 Å². The van der Waals surface area contributed by atoms with Crippen LogP contribution in [0.4, 0.5) is 5.69 Å². The average Bonchev–Trinajstić information content (AvgIpc) is 2.69. The van der Waals surface area contributed by atoms with Gasteiger partial charge >= 0.3 is 0 Å². The summed E-state index contributed by atoms with van der Waals surface area (Å²) >= 11 is 0. The van der Waals surface area contributed by atoms with Crippen molar-refractivity contribution in [2.75, 3.05) is 24.5 Å². The molecular formula is C12H16N2O. The summed E-state index contributed by atoms with van der Waals surface area (Å²) in [6.45, 7) is 4.10. The lowest BCUT2D eigenvalue weighted by atomic mass is 10.2. The Hall–Kier alpha value is -1.35. The molecule has 0 spiro atoms. The second kappa shape index (κ2) is 4.45. The maximum Gasteiger partial charge on any atom is 0.240 e. The average molecular weight is 204 g/mol. The number of amides is 1. The SMILES string of the molecule is CCNCC(=O)N1CCc2ccccc21. The molecule has 0 aliphatic carbocycles. The van der Waals surface area contributed by atoms with Gasteiger partial charge in [-0.15, -0.1) is 0 Å². The number of carbonyl (C=O) groups is 1. The van der Waals surface area contributed by atoms with E-state index in [2.05, 4.69) is 11.4 Å². The predicted molar refractivity (Wildman–Crippen MR) is 61.0 cm³/mol. The fourth-order valence-corrected chi connectivity index (χ4v) is 1.92. The Bertz CT molecular complexity index is 362. The molecule has 1 N–H and O–H groups in total. The van der Waals surface area contributed by atoms with E-state index >= 15 is 0 Å². The minimum Gasteiger partial charge on any atom is -0.311 e. The van der Waals surface area contributed by atoms with Gasteiger partial charge in [-0.05, 0) is 24.6 Å². The number of carbonyl (C=O) groups excluding carboxylic acids is 1. The number of fused-ring (bicyclic) bond motifs is 1. The zero-order valence-electron chi connectivity index (χ0n) is 8.99. The molecule has 0 saturated heterocycles. The van der Waals surface area contributed by atoms with Gasteiger partial charge in [0.25, 0.3) is 0 Å². The molecule has 15 heavy (non-hydrogen) atoms. The van der Waals surface area contributed by atoms with Crippen molar-refractivity contribution in [3.8, 4) is 0 Å². The molecule has 0 atom stereocenters. The van der Waals surface area contributed by atoms with Crippen molar-refractivity contribution in [3.05, 3.63) is 29.8 Å². The van der Waals surface area contributed by atoms with Crippen molar-refractivity contribution in [3.63, 3.8) is 0 Å². The lowest BCUT2D eigenvalue weighted by Gasteiger charge is -2.17. The van der Waals surface area contributed by atoms with E-state index in [1.807, 2.05) is 30.0 Å². The van der Waals surface area contributed by atoms with Crippen LogP contribution in [-0.4, -0.2) is 25.5 Å². The number of anilines is 1. The first-order valence-electron chi connectivity index (χ1n) is 5.42. The Morgan fingerprint density at radius 3 is 3.07 bits per heavy atom. The summed E-state index contributed by atoms with van der Waals surface area (Å²) in [5.74, 6) is 0.168. The summed E-state index contributed by atoms with van der Waals surface area (Å²) in [4.78, 5) is 13.7. The molecule has 0 unspecified atom stereocenters. The Labute approximate surface area is 90.1 Å². The standard InChI is InChI=1S/C12H16N2O/c1-2-13-9-12(15)14-8-7-10-5-3-4-6-11(10)14/h3-6,13H,2,7-9H2,1H3. The van der Waals surface area contributed by atoms with Crippen molar-refractivity contribution in [2.45, 2.75) is 13.3 Å². The second-order valence-electron chi connectivity index (χ2n) is 3.70. The minimum atomic E-state index is 0.168. The normalized spacial score (nSPS) is 14.1. The zero-order chi connectivity index (χ0) is 10.7. The zero-order valence-corrected chi connectivity index (χ0v) is 8.99. The summed E-state index contributed by atoms with van der Waals surface area (Å²) in [5, 5.41) is 3.06. The van der Waals surface area contributed by atoms with E-state index in [9.17, 15) is 4.79 Å². The van der Waals surface area contributed by atoms with E-state index in [0.717, 1.165) is 25.2 Å². The number of nitrogens with zero attached hydrogens (tertiary/aromatic N) is 1. The second-order valence-corrected chi connectivity index (χ2v) is 3.70. The molecule has 0 radical (unpaired) electrons. The maximum absolute atomic E-state index is 11.8.